The molecule has 1 N–H and O–H groups in total. The van der Waals surface area contributed by atoms with Gasteiger partial charge in [-0.15, -0.1) is 0 Å². The molecule has 4 fully saturated rings. The minimum atomic E-state index is -3.86. The maximum absolute atomic E-state index is 14.3. The number of benzene rings is 2. The van der Waals surface area contributed by atoms with Gasteiger partial charge < -0.3 is 10.2 Å². The first kappa shape index (κ1) is 26.7. The maximum Gasteiger partial charge on any atom is 0.249 e. The smallest absolute Gasteiger partial charge is 0.249 e. The first-order chi connectivity index (χ1) is 18.5. The molecule has 1 amide bonds. The number of halogens is 2. The second-order valence-electron chi connectivity index (χ2n) is 12.2. The molecule has 0 radical (unpaired) electrons. The van der Waals surface area contributed by atoms with E-state index in [9.17, 15) is 17.6 Å². The molecule has 0 unspecified atom stereocenters. The van der Waals surface area contributed by atoms with Crippen LogP contribution in [0.15, 0.2) is 58.4 Å². The van der Waals surface area contributed by atoms with Crippen molar-refractivity contribution in [2.45, 2.75) is 80.9 Å². The van der Waals surface area contributed by atoms with Crippen molar-refractivity contribution in [1.29, 1.82) is 0 Å². The summed E-state index contributed by atoms with van der Waals surface area (Å²) in [6, 6.07) is 12.3. The van der Waals surface area contributed by atoms with Gasteiger partial charge in [-0.1, -0.05) is 35.9 Å². The first-order valence-electron chi connectivity index (χ1n) is 13.6. The summed E-state index contributed by atoms with van der Waals surface area (Å²) in [4.78, 5) is 20.5. The van der Waals surface area contributed by atoms with Gasteiger partial charge in [0.1, 0.15) is 11.7 Å². The fraction of sp³-hybridized carbons (Fsp3) is 0.517. The Hall–Kier alpha value is -2.49. The van der Waals surface area contributed by atoms with Crippen molar-refractivity contribution in [3.05, 3.63) is 64.9 Å². The molecule has 0 aromatic heterocycles. The zero-order valence-corrected chi connectivity index (χ0v) is 23.9. The fourth-order valence-electron chi connectivity index (χ4n) is 6.90. The van der Waals surface area contributed by atoms with Gasteiger partial charge in [-0.2, -0.15) is 4.31 Å². The SMILES string of the molecule is CC1(C)NC(C23CC(N(Cc4ccc(Cl)c(F)c4)S(=O)(=O)c4ccccc4)(C2)C3)=N[C@H]1C(=O)N1CCCCC1. The Balaban J connectivity index is 1.26. The van der Waals surface area contributed by atoms with Crippen LogP contribution in [0.1, 0.15) is 57.9 Å². The largest absolute Gasteiger partial charge is 0.366 e. The minimum Gasteiger partial charge on any atom is -0.366 e. The third-order valence-corrected chi connectivity index (χ3v) is 11.2. The van der Waals surface area contributed by atoms with Crippen molar-refractivity contribution in [3.8, 4) is 0 Å². The van der Waals surface area contributed by atoms with Crippen LogP contribution in [0.3, 0.4) is 0 Å². The normalized spacial score (nSPS) is 29.3. The number of rotatable bonds is 7. The number of sulfonamides is 1. The number of likely N-dealkylation sites (tertiary alicyclic amines) is 1. The van der Waals surface area contributed by atoms with Gasteiger partial charge in [0.2, 0.25) is 15.9 Å². The summed E-state index contributed by atoms with van der Waals surface area (Å²) in [5, 5.41) is 3.54. The number of piperidine rings is 1. The Morgan fingerprint density at radius 1 is 1.10 bits per heavy atom. The third-order valence-electron chi connectivity index (χ3n) is 8.96. The average Bonchev–Trinajstić information content (AvgIpc) is 3.19. The number of nitrogens with one attached hydrogen (secondary N) is 1. The van der Waals surface area contributed by atoms with E-state index in [-0.39, 0.29) is 27.8 Å². The van der Waals surface area contributed by atoms with Crippen LogP contribution in [0.25, 0.3) is 0 Å². The lowest BCUT2D eigenvalue weighted by molar-refractivity contribution is -0.151. The van der Waals surface area contributed by atoms with Crippen LogP contribution in [0.2, 0.25) is 5.02 Å². The highest BCUT2D eigenvalue weighted by Crippen LogP contribution is 2.71. The summed E-state index contributed by atoms with van der Waals surface area (Å²) in [5.74, 6) is 0.317. The standard InChI is InChI=1S/C29H34ClFN4O3S/c1-27(2)24(25(36)34-13-7-4-8-14-34)32-26(33-27)28-17-29(18-28,19-28)35(16-20-11-12-22(30)23(31)15-20)39(37,38)21-9-5-3-6-10-21/h3,5-6,9-12,15,24H,4,7-8,13-14,16-19H2,1-2H3,(H,32,33)/t24-,28?,29?/m0/s1. The lowest BCUT2D eigenvalue weighted by Crippen LogP contribution is -2.78. The van der Waals surface area contributed by atoms with Crippen LogP contribution >= 0.6 is 11.6 Å². The van der Waals surface area contributed by atoms with Gasteiger partial charge in [-0.25, -0.2) is 12.8 Å². The van der Waals surface area contributed by atoms with Crippen molar-refractivity contribution < 1.29 is 17.6 Å². The Bertz CT molecular complexity index is 1420. The predicted octanol–water partition coefficient (Wildman–Crippen LogP) is 4.75. The van der Waals surface area contributed by atoms with E-state index in [1.54, 1.807) is 36.4 Å². The predicted molar refractivity (Wildman–Crippen MR) is 148 cm³/mol. The minimum absolute atomic E-state index is 0.00211. The van der Waals surface area contributed by atoms with E-state index in [0.29, 0.717) is 24.8 Å². The van der Waals surface area contributed by atoms with E-state index in [2.05, 4.69) is 5.32 Å². The quantitative estimate of drug-likeness (QED) is 0.519. The number of carbonyl (C=O) groups excluding carboxylic acids is 1. The van der Waals surface area contributed by atoms with Crippen LogP contribution < -0.4 is 5.32 Å². The Labute approximate surface area is 234 Å². The Morgan fingerprint density at radius 3 is 2.41 bits per heavy atom. The van der Waals surface area contributed by atoms with Crippen molar-refractivity contribution in [3.63, 3.8) is 0 Å². The molecule has 2 heterocycles. The molecule has 2 aromatic rings. The van der Waals surface area contributed by atoms with E-state index < -0.39 is 33.0 Å². The van der Waals surface area contributed by atoms with Gasteiger partial charge in [-0.05, 0) is 82.2 Å². The van der Waals surface area contributed by atoms with Crippen LogP contribution in [-0.4, -0.2) is 59.6 Å². The monoisotopic (exact) mass is 572 g/mol. The molecule has 1 atom stereocenters. The van der Waals surface area contributed by atoms with Gasteiger partial charge in [0.05, 0.1) is 15.5 Å². The maximum atomic E-state index is 14.3. The van der Waals surface area contributed by atoms with Crippen molar-refractivity contribution in [2.75, 3.05) is 13.1 Å². The van der Waals surface area contributed by atoms with Crippen molar-refractivity contribution in [2.24, 2.45) is 10.4 Å². The van der Waals surface area contributed by atoms with E-state index in [1.807, 2.05) is 18.7 Å². The van der Waals surface area contributed by atoms with E-state index in [1.165, 1.54) is 16.4 Å². The lowest BCUT2D eigenvalue weighted by Gasteiger charge is -2.73. The van der Waals surface area contributed by atoms with Gasteiger partial charge in [0.15, 0.2) is 6.04 Å². The molecule has 10 heteroatoms. The van der Waals surface area contributed by atoms with Crippen LogP contribution in [0, 0.1) is 11.2 Å². The van der Waals surface area contributed by atoms with Gasteiger partial charge in [-0.3, -0.25) is 9.79 Å². The van der Waals surface area contributed by atoms with E-state index in [0.717, 1.165) is 38.2 Å². The van der Waals surface area contributed by atoms with E-state index >= 15 is 0 Å². The molecule has 3 saturated carbocycles. The molecule has 2 aromatic carbocycles. The summed E-state index contributed by atoms with van der Waals surface area (Å²) < 4.78 is 43.6. The average molecular weight is 573 g/mol. The number of nitrogens with zero attached hydrogens (tertiary/aromatic N) is 3. The van der Waals surface area contributed by atoms with E-state index in [4.69, 9.17) is 16.6 Å². The van der Waals surface area contributed by atoms with Crippen LogP contribution in [0.5, 0.6) is 0 Å². The highest BCUT2D eigenvalue weighted by atomic mass is 35.5. The molecule has 7 rings (SSSR count). The van der Waals surface area contributed by atoms with Gasteiger partial charge >= 0.3 is 0 Å². The Kier molecular flexibility index (Phi) is 6.36. The molecule has 1 saturated heterocycles. The van der Waals surface area contributed by atoms with Crippen molar-refractivity contribution in [1.82, 2.24) is 14.5 Å². The molecule has 5 aliphatic rings. The highest BCUT2D eigenvalue weighted by Gasteiger charge is 2.75. The van der Waals surface area contributed by atoms with Gasteiger partial charge in [0, 0.05) is 30.6 Å². The van der Waals surface area contributed by atoms with Gasteiger partial charge in [0.25, 0.3) is 0 Å². The summed E-state index contributed by atoms with van der Waals surface area (Å²) in [6.45, 7) is 5.63. The summed E-state index contributed by atoms with van der Waals surface area (Å²) >= 11 is 5.88. The lowest BCUT2D eigenvalue weighted by atomic mass is 9.38. The first-order valence-corrected chi connectivity index (χ1v) is 15.4. The third kappa shape index (κ3) is 4.37. The fourth-order valence-corrected chi connectivity index (χ4v) is 8.79. The topological polar surface area (TPSA) is 82.1 Å². The number of aliphatic imine (C=N–C) groups is 1. The molecule has 208 valence electrons. The van der Waals surface area contributed by atoms with Crippen molar-refractivity contribution >= 4 is 33.4 Å². The molecular weight excluding hydrogens is 539 g/mol. The molecule has 3 aliphatic carbocycles. The van der Waals surface area contributed by atoms with Crippen LogP contribution in [0.4, 0.5) is 4.39 Å². The summed E-state index contributed by atoms with van der Waals surface area (Å²) in [7, 11) is -3.86. The molecule has 2 bridgehead atoms. The molecule has 39 heavy (non-hydrogen) atoms. The van der Waals surface area contributed by atoms with Crippen LogP contribution in [-0.2, 0) is 21.4 Å². The summed E-state index contributed by atoms with van der Waals surface area (Å²) in [6.07, 6.45) is 5.02. The molecule has 7 nitrogen and oxygen atoms in total. The molecule has 0 spiro atoms. The number of carbonyl (C=O) groups is 1. The molecular formula is C29H34ClFN4O3S. The second kappa shape index (κ2) is 9.28. The zero-order valence-electron chi connectivity index (χ0n) is 22.3. The zero-order chi connectivity index (χ0) is 27.6. The molecule has 2 aliphatic heterocycles. The second-order valence-corrected chi connectivity index (χ2v) is 14.5. The number of amidine groups is 1. The highest BCUT2D eigenvalue weighted by molar-refractivity contribution is 7.89. The Morgan fingerprint density at radius 2 is 1.77 bits per heavy atom. The number of hydrogen-bond acceptors (Lipinski definition) is 5. The summed E-state index contributed by atoms with van der Waals surface area (Å²) in [5.41, 5.74) is -0.832. The number of hydrogen-bond donors (Lipinski definition) is 1. The number of amides is 1.